The van der Waals surface area contributed by atoms with Crippen molar-refractivity contribution in [1.29, 1.82) is 0 Å². The van der Waals surface area contributed by atoms with Crippen LogP contribution in [0, 0.1) is 5.92 Å². The quantitative estimate of drug-likeness (QED) is 0.885. The predicted octanol–water partition coefficient (Wildman–Crippen LogP) is 2.12. The number of nitrogens with zero attached hydrogens (tertiary/aromatic N) is 2. The number of benzene rings is 1. The largest absolute Gasteiger partial charge is 0.508 e. The zero-order chi connectivity index (χ0) is 13.1. The van der Waals surface area contributed by atoms with Crippen LogP contribution < -0.4 is 5.32 Å². The zero-order valence-electron chi connectivity index (χ0n) is 10.9. The average molecular weight is 257 g/mol. The van der Waals surface area contributed by atoms with E-state index in [0.717, 1.165) is 31.1 Å². The lowest BCUT2D eigenvalue weighted by Gasteiger charge is -2.21. The fourth-order valence-electron chi connectivity index (χ4n) is 2.67. The van der Waals surface area contributed by atoms with Crippen molar-refractivity contribution in [1.82, 2.24) is 15.1 Å². The van der Waals surface area contributed by atoms with Gasteiger partial charge in [0.25, 0.3) is 0 Å². The Hall–Kier alpha value is -1.81. The number of phenolic OH excluding ortho intramolecular Hbond substituents is 1. The molecule has 2 heterocycles. The zero-order valence-corrected chi connectivity index (χ0v) is 10.9. The van der Waals surface area contributed by atoms with Gasteiger partial charge in [-0.1, -0.05) is 6.07 Å². The lowest BCUT2D eigenvalue weighted by Crippen LogP contribution is -2.30. The van der Waals surface area contributed by atoms with E-state index in [1.165, 1.54) is 18.4 Å². The van der Waals surface area contributed by atoms with Crippen LogP contribution in [0.2, 0.25) is 0 Å². The van der Waals surface area contributed by atoms with E-state index in [1.807, 2.05) is 23.0 Å². The van der Waals surface area contributed by atoms with E-state index in [1.54, 1.807) is 12.1 Å². The van der Waals surface area contributed by atoms with Gasteiger partial charge in [0.1, 0.15) is 5.75 Å². The highest BCUT2D eigenvalue weighted by molar-refractivity contribution is 5.38. The topological polar surface area (TPSA) is 50.1 Å². The maximum atomic E-state index is 9.49. The molecule has 1 unspecified atom stereocenters. The minimum Gasteiger partial charge on any atom is -0.508 e. The van der Waals surface area contributed by atoms with Crippen molar-refractivity contribution in [2.75, 3.05) is 13.1 Å². The molecule has 1 aliphatic rings. The van der Waals surface area contributed by atoms with Gasteiger partial charge in [0.2, 0.25) is 0 Å². The van der Waals surface area contributed by atoms with E-state index in [2.05, 4.69) is 16.6 Å². The van der Waals surface area contributed by atoms with Gasteiger partial charge in [-0.15, -0.1) is 0 Å². The third-order valence-corrected chi connectivity index (χ3v) is 3.65. The van der Waals surface area contributed by atoms with E-state index >= 15 is 0 Å². The van der Waals surface area contributed by atoms with Crippen LogP contribution >= 0.6 is 0 Å². The standard InChI is InChI=1S/C15H19N3O/c19-15-5-1-4-14(8-15)18-11-13(10-17-18)7-12-3-2-6-16-9-12/h1,4-5,8,10-12,16,19H,2-3,6-7,9H2. The molecule has 2 N–H and O–H groups in total. The number of hydrogen-bond acceptors (Lipinski definition) is 3. The second kappa shape index (κ2) is 5.45. The minimum atomic E-state index is 0.269. The Bertz CT molecular complexity index is 544. The van der Waals surface area contributed by atoms with Crippen LogP contribution in [0.5, 0.6) is 5.75 Å². The molecule has 0 spiro atoms. The summed E-state index contributed by atoms with van der Waals surface area (Å²) in [7, 11) is 0. The highest BCUT2D eigenvalue weighted by Gasteiger charge is 2.14. The number of aromatic hydroxyl groups is 1. The molecule has 1 aliphatic heterocycles. The van der Waals surface area contributed by atoms with Crippen molar-refractivity contribution in [3.8, 4) is 11.4 Å². The first-order valence-electron chi connectivity index (χ1n) is 6.85. The summed E-state index contributed by atoms with van der Waals surface area (Å²) in [5.41, 5.74) is 2.16. The molecule has 1 atom stereocenters. The molecule has 1 aromatic heterocycles. The van der Waals surface area contributed by atoms with Crippen molar-refractivity contribution in [2.24, 2.45) is 5.92 Å². The van der Waals surface area contributed by atoms with Gasteiger partial charge >= 0.3 is 0 Å². The van der Waals surface area contributed by atoms with E-state index in [0.29, 0.717) is 0 Å². The first-order chi connectivity index (χ1) is 9.31. The normalized spacial score (nSPS) is 19.5. The number of rotatable bonds is 3. The summed E-state index contributed by atoms with van der Waals surface area (Å²) in [6, 6.07) is 7.16. The van der Waals surface area contributed by atoms with Crippen molar-refractivity contribution in [3.63, 3.8) is 0 Å². The monoisotopic (exact) mass is 257 g/mol. The van der Waals surface area contributed by atoms with Crippen LogP contribution in [0.25, 0.3) is 5.69 Å². The van der Waals surface area contributed by atoms with Gasteiger partial charge < -0.3 is 10.4 Å². The maximum Gasteiger partial charge on any atom is 0.117 e. The number of piperidine rings is 1. The average Bonchev–Trinajstić information content (AvgIpc) is 2.88. The number of hydrogen-bond donors (Lipinski definition) is 2. The lowest BCUT2D eigenvalue weighted by molar-refractivity contribution is 0.376. The molecule has 1 fully saturated rings. The summed E-state index contributed by atoms with van der Waals surface area (Å²) in [6.07, 6.45) is 7.63. The summed E-state index contributed by atoms with van der Waals surface area (Å²) >= 11 is 0. The first-order valence-corrected chi connectivity index (χ1v) is 6.85. The van der Waals surface area contributed by atoms with Gasteiger partial charge in [0, 0.05) is 12.3 Å². The first kappa shape index (κ1) is 12.2. The number of nitrogens with one attached hydrogen (secondary N) is 1. The van der Waals surface area contributed by atoms with Crippen molar-refractivity contribution >= 4 is 0 Å². The van der Waals surface area contributed by atoms with Crippen molar-refractivity contribution < 1.29 is 5.11 Å². The highest BCUT2D eigenvalue weighted by Crippen LogP contribution is 2.18. The molecule has 2 aromatic rings. The third-order valence-electron chi connectivity index (χ3n) is 3.65. The van der Waals surface area contributed by atoms with Crippen molar-refractivity contribution in [2.45, 2.75) is 19.3 Å². The van der Waals surface area contributed by atoms with Crippen LogP contribution in [0.15, 0.2) is 36.7 Å². The van der Waals surface area contributed by atoms with Gasteiger partial charge in [-0.2, -0.15) is 5.10 Å². The molecular formula is C15H19N3O. The Labute approximate surface area is 113 Å². The molecule has 0 saturated carbocycles. The third kappa shape index (κ3) is 2.96. The van der Waals surface area contributed by atoms with Crippen molar-refractivity contribution in [3.05, 3.63) is 42.2 Å². The van der Waals surface area contributed by atoms with Gasteiger partial charge in [0.15, 0.2) is 0 Å². The number of aromatic nitrogens is 2. The second-order valence-corrected chi connectivity index (χ2v) is 5.23. The summed E-state index contributed by atoms with van der Waals surface area (Å²) in [5, 5.41) is 17.3. The molecule has 3 rings (SSSR count). The van der Waals surface area contributed by atoms with Crippen LogP contribution in [0.4, 0.5) is 0 Å². The molecular weight excluding hydrogens is 238 g/mol. The minimum absolute atomic E-state index is 0.269. The smallest absolute Gasteiger partial charge is 0.117 e. The van der Waals surface area contributed by atoms with Gasteiger partial charge in [0.05, 0.1) is 11.9 Å². The van der Waals surface area contributed by atoms with Gasteiger partial charge in [-0.25, -0.2) is 4.68 Å². The molecule has 0 aliphatic carbocycles. The second-order valence-electron chi connectivity index (χ2n) is 5.23. The Morgan fingerprint density at radius 2 is 2.37 bits per heavy atom. The Morgan fingerprint density at radius 1 is 1.42 bits per heavy atom. The van der Waals surface area contributed by atoms with E-state index < -0.39 is 0 Å². The summed E-state index contributed by atoms with van der Waals surface area (Å²) in [6.45, 7) is 2.26. The molecule has 0 radical (unpaired) electrons. The molecule has 19 heavy (non-hydrogen) atoms. The van der Waals surface area contributed by atoms with Crippen LogP contribution in [0.1, 0.15) is 18.4 Å². The summed E-state index contributed by atoms with van der Waals surface area (Å²) in [4.78, 5) is 0. The fourth-order valence-corrected chi connectivity index (χ4v) is 2.67. The lowest BCUT2D eigenvalue weighted by atomic mass is 9.94. The Balaban J connectivity index is 1.72. The fraction of sp³-hybridized carbons (Fsp3) is 0.400. The summed E-state index contributed by atoms with van der Waals surface area (Å²) in [5.74, 6) is 0.988. The molecule has 4 heteroatoms. The maximum absolute atomic E-state index is 9.49. The molecule has 100 valence electrons. The van der Waals surface area contributed by atoms with E-state index in [9.17, 15) is 5.11 Å². The molecule has 0 bridgehead atoms. The SMILES string of the molecule is Oc1cccc(-n2cc(CC3CCCNC3)cn2)c1. The van der Waals surface area contributed by atoms with Gasteiger partial charge in [-0.3, -0.25) is 0 Å². The summed E-state index contributed by atoms with van der Waals surface area (Å²) < 4.78 is 1.82. The molecule has 4 nitrogen and oxygen atoms in total. The predicted molar refractivity (Wildman–Crippen MR) is 74.5 cm³/mol. The Morgan fingerprint density at radius 3 is 3.16 bits per heavy atom. The molecule has 0 amide bonds. The van der Waals surface area contributed by atoms with E-state index in [-0.39, 0.29) is 5.75 Å². The molecule has 1 saturated heterocycles. The van der Waals surface area contributed by atoms with Crippen LogP contribution in [-0.2, 0) is 6.42 Å². The van der Waals surface area contributed by atoms with Crippen LogP contribution in [0.3, 0.4) is 0 Å². The Kier molecular flexibility index (Phi) is 3.51. The highest BCUT2D eigenvalue weighted by atomic mass is 16.3. The molecule has 1 aromatic carbocycles. The van der Waals surface area contributed by atoms with Crippen LogP contribution in [-0.4, -0.2) is 28.0 Å². The van der Waals surface area contributed by atoms with Gasteiger partial charge in [-0.05, 0) is 56.0 Å². The number of phenols is 1. The van der Waals surface area contributed by atoms with E-state index in [4.69, 9.17) is 0 Å².